The number of nitrogens with one attached hydrogen (secondary N) is 2. The fourth-order valence-corrected chi connectivity index (χ4v) is 2.70. The molecule has 2 heterocycles. The summed E-state index contributed by atoms with van der Waals surface area (Å²) in [5, 5.41) is 10.1. The van der Waals surface area contributed by atoms with Crippen molar-refractivity contribution in [3.05, 3.63) is 48.3 Å². The zero-order valence-electron chi connectivity index (χ0n) is 13.2. The van der Waals surface area contributed by atoms with Gasteiger partial charge < -0.3 is 15.4 Å². The highest BCUT2D eigenvalue weighted by Gasteiger charge is 2.23. The van der Waals surface area contributed by atoms with Crippen LogP contribution in [0.2, 0.25) is 0 Å². The summed E-state index contributed by atoms with van der Waals surface area (Å²) in [6, 6.07) is 9.71. The first-order valence-corrected chi connectivity index (χ1v) is 7.97. The zero-order valence-corrected chi connectivity index (χ0v) is 13.2. The molecule has 2 atom stereocenters. The topological polar surface area (TPSA) is 68.2 Å². The van der Waals surface area contributed by atoms with Crippen LogP contribution in [-0.2, 0) is 11.3 Å². The minimum Gasteiger partial charge on any atom is -0.376 e. The third kappa shape index (κ3) is 4.10. The van der Waals surface area contributed by atoms with Gasteiger partial charge in [-0.25, -0.2) is 9.48 Å². The van der Waals surface area contributed by atoms with Gasteiger partial charge in [0, 0.05) is 24.9 Å². The predicted molar refractivity (Wildman–Crippen MR) is 87.4 cm³/mol. The van der Waals surface area contributed by atoms with Gasteiger partial charge in [0.1, 0.15) is 0 Å². The molecule has 2 aromatic rings. The van der Waals surface area contributed by atoms with Crippen LogP contribution in [0.25, 0.3) is 5.69 Å². The van der Waals surface area contributed by atoms with Gasteiger partial charge in [-0.2, -0.15) is 5.10 Å². The first-order chi connectivity index (χ1) is 11.2. The van der Waals surface area contributed by atoms with Gasteiger partial charge in [0.15, 0.2) is 0 Å². The molecule has 0 aliphatic carbocycles. The van der Waals surface area contributed by atoms with Gasteiger partial charge in [0.25, 0.3) is 0 Å². The number of ether oxygens (including phenoxy) is 1. The molecule has 1 aromatic heterocycles. The van der Waals surface area contributed by atoms with Crippen LogP contribution in [0.15, 0.2) is 42.7 Å². The molecule has 2 amide bonds. The molecule has 1 saturated heterocycles. The van der Waals surface area contributed by atoms with Gasteiger partial charge in [-0.15, -0.1) is 0 Å². The first-order valence-electron chi connectivity index (χ1n) is 7.97. The number of urea groups is 1. The molecule has 0 spiro atoms. The van der Waals surface area contributed by atoms with Crippen molar-refractivity contribution in [2.24, 2.45) is 0 Å². The van der Waals surface area contributed by atoms with Crippen LogP contribution in [0, 0.1) is 0 Å². The number of para-hydroxylation sites is 1. The maximum atomic E-state index is 12.0. The smallest absolute Gasteiger partial charge is 0.315 e. The van der Waals surface area contributed by atoms with E-state index >= 15 is 0 Å². The Hall–Kier alpha value is -2.34. The van der Waals surface area contributed by atoms with E-state index in [1.165, 1.54) is 0 Å². The van der Waals surface area contributed by atoms with E-state index in [4.69, 9.17) is 4.74 Å². The largest absolute Gasteiger partial charge is 0.376 e. The van der Waals surface area contributed by atoms with Crippen molar-refractivity contribution < 1.29 is 9.53 Å². The van der Waals surface area contributed by atoms with Crippen molar-refractivity contribution in [2.75, 3.05) is 6.61 Å². The number of aromatic nitrogens is 2. The van der Waals surface area contributed by atoms with Crippen LogP contribution in [0.1, 0.15) is 25.3 Å². The van der Waals surface area contributed by atoms with Crippen molar-refractivity contribution in [3.8, 4) is 5.69 Å². The quantitative estimate of drug-likeness (QED) is 0.889. The average molecular weight is 314 g/mol. The Bertz CT molecular complexity index is 635. The van der Waals surface area contributed by atoms with Crippen LogP contribution in [0.4, 0.5) is 4.79 Å². The third-order valence-corrected chi connectivity index (χ3v) is 3.99. The number of hydrogen-bond donors (Lipinski definition) is 2. The number of carbonyl (C=O) groups excluding carboxylic acids is 1. The number of carbonyl (C=O) groups is 1. The van der Waals surface area contributed by atoms with Crippen molar-refractivity contribution >= 4 is 6.03 Å². The highest BCUT2D eigenvalue weighted by Crippen LogP contribution is 2.15. The highest BCUT2D eigenvalue weighted by atomic mass is 16.5. The SMILES string of the molecule is CC(NC(=O)NCc1cnn(-c2ccccc2)c1)C1CCCO1. The lowest BCUT2D eigenvalue weighted by Crippen LogP contribution is -2.45. The number of benzene rings is 1. The van der Waals surface area contributed by atoms with Crippen molar-refractivity contribution in [1.82, 2.24) is 20.4 Å². The van der Waals surface area contributed by atoms with E-state index < -0.39 is 0 Å². The van der Waals surface area contributed by atoms with E-state index in [9.17, 15) is 4.79 Å². The molecule has 0 saturated carbocycles. The molecule has 0 radical (unpaired) electrons. The molecule has 3 rings (SSSR count). The van der Waals surface area contributed by atoms with Gasteiger partial charge in [-0.3, -0.25) is 0 Å². The van der Waals surface area contributed by atoms with E-state index in [2.05, 4.69) is 15.7 Å². The van der Waals surface area contributed by atoms with Crippen LogP contribution in [0.3, 0.4) is 0 Å². The lowest BCUT2D eigenvalue weighted by atomic mass is 10.1. The predicted octanol–water partition coefficient (Wildman–Crippen LogP) is 2.24. The molecule has 0 bridgehead atoms. The lowest BCUT2D eigenvalue weighted by molar-refractivity contribution is 0.0860. The molecule has 1 fully saturated rings. The molecule has 23 heavy (non-hydrogen) atoms. The summed E-state index contributed by atoms with van der Waals surface area (Å²) in [5.74, 6) is 0. The minimum absolute atomic E-state index is 0.0181. The Morgan fingerprint density at radius 1 is 1.43 bits per heavy atom. The maximum absolute atomic E-state index is 12.0. The van der Waals surface area contributed by atoms with Gasteiger partial charge in [-0.05, 0) is 31.9 Å². The summed E-state index contributed by atoms with van der Waals surface area (Å²) in [4.78, 5) is 12.0. The summed E-state index contributed by atoms with van der Waals surface area (Å²) in [7, 11) is 0. The molecule has 2 unspecified atom stereocenters. The summed E-state index contributed by atoms with van der Waals surface area (Å²) in [6.07, 6.45) is 5.87. The molecule has 122 valence electrons. The minimum atomic E-state index is -0.180. The summed E-state index contributed by atoms with van der Waals surface area (Å²) in [5.41, 5.74) is 1.95. The number of nitrogens with zero attached hydrogens (tertiary/aromatic N) is 2. The Kier molecular flexibility index (Phi) is 4.92. The van der Waals surface area contributed by atoms with Crippen LogP contribution >= 0.6 is 0 Å². The molecule has 2 N–H and O–H groups in total. The van der Waals surface area contributed by atoms with Gasteiger partial charge >= 0.3 is 6.03 Å². The second kappa shape index (κ2) is 7.28. The third-order valence-electron chi connectivity index (χ3n) is 3.99. The molecular formula is C17H22N4O2. The molecular weight excluding hydrogens is 292 g/mol. The van der Waals surface area contributed by atoms with Crippen molar-refractivity contribution in [3.63, 3.8) is 0 Å². The maximum Gasteiger partial charge on any atom is 0.315 e. The normalized spacial score (nSPS) is 18.6. The molecule has 6 heteroatoms. The summed E-state index contributed by atoms with van der Waals surface area (Å²) < 4.78 is 7.37. The number of hydrogen-bond acceptors (Lipinski definition) is 3. The Morgan fingerprint density at radius 2 is 2.26 bits per heavy atom. The number of rotatable bonds is 5. The van der Waals surface area contributed by atoms with E-state index in [1.54, 1.807) is 10.9 Å². The van der Waals surface area contributed by atoms with Crippen molar-refractivity contribution in [1.29, 1.82) is 0 Å². The monoisotopic (exact) mass is 314 g/mol. The number of amides is 2. The lowest BCUT2D eigenvalue weighted by Gasteiger charge is -2.20. The zero-order chi connectivity index (χ0) is 16.1. The average Bonchev–Trinajstić information content (AvgIpc) is 3.25. The Labute approximate surface area is 135 Å². The van der Waals surface area contributed by atoms with Crippen molar-refractivity contribution in [2.45, 2.75) is 38.5 Å². The van der Waals surface area contributed by atoms with E-state index in [0.29, 0.717) is 6.54 Å². The van der Waals surface area contributed by atoms with E-state index in [0.717, 1.165) is 30.7 Å². The van der Waals surface area contributed by atoms with Gasteiger partial charge in [-0.1, -0.05) is 18.2 Å². The van der Waals surface area contributed by atoms with Crippen LogP contribution in [0.5, 0.6) is 0 Å². The summed E-state index contributed by atoms with van der Waals surface area (Å²) >= 11 is 0. The Balaban J connectivity index is 1.48. The fraction of sp³-hybridized carbons (Fsp3) is 0.412. The molecule has 1 aliphatic heterocycles. The van der Waals surface area contributed by atoms with Gasteiger partial charge in [0.2, 0.25) is 0 Å². The molecule has 1 aromatic carbocycles. The standard InChI is InChI=1S/C17H22N4O2/c1-13(16-8-5-9-23-16)20-17(22)18-10-14-11-19-21(12-14)15-6-3-2-4-7-15/h2-4,6-7,11-13,16H,5,8-10H2,1H3,(H2,18,20,22). The molecule has 6 nitrogen and oxygen atoms in total. The van der Waals surface area contributed by atoms with Crippen LogP contribution < -0.4 is 10.6 Å². The fourth-order valence-electron chi connectivity index (χ4n) is 2.70. The molecule has 1 aliphatic rings. The summed E-state index contributed by atoms with van der Waals surface area (Å²) in [6.45, 7) is 3.21. The van der Waals surface area contributed by atoms with E-state index in [1.807, 2.05) is 43.5 Å². The second-order valence-electron chi connectivity index (χ2n) is 5.80. The highest BCUT2D eigenvalue weighted by molar-refractivity contribution is 5.74. The second-order valence-corrected chi connectivity index (χ2v) is 5.80. The van der Waals surface area contributed by atoms with Gasteiger partial charge in [0.05, 0.1) is 24.0 Å². The van der Waals surface area contributed by atoms with Crippen LogP contribution in [-0.4, -0.2) is 34.6 Å². The first kappa shape index (κ1) is 15.6. The Morgan fingerprint density at radius 3 is 3.00 bits per heavy atom. The van der Waals surface area contributed by atoms with E-state index in [-0.39, 0.29) is 18.2 Å².